The average Bonchev–Trinajstić information content (AvgIpc) is 3.71. The number of nitrogens with zero attached hydrogens (tertiary/aromatic N) is 5. The summed E-state index contributed by atoms with van der Waals surface area (Å²) in [5.41, 5.74) is 6.75. The van der Waals surface area contributed by atoms with Crippen LogP contribution in [0.25, 0.3) is 27.6 Å². The maximum Gasteiger partial charge on any atom is 0.410 e. The van der Waals surface area contributed by atoms with Gasteiger partial charge in [-0.1, -0.05) is 13.0 Å². The third-order valence-corrected chi connectivity index (χ3v) is 8.35. The number of hydrogen-bond donors (Lipinski definition) is 1. The molecule has 5 heterocycles. The van der Waals surface area contributed by atoms with Gasteiger partial charge >= 0.3 is 6.09 Å². The second-order valence-electron chi connectivity index (χ2n) is 12.6. The summed E-state index contributed by atoms with van der Waals surface area (Å²) in [5.74, 6) is -0.651. The quantitative estimate of drug-likeness (QED) is 0.278. The second kappa shape index (κ2) is 11.2. The minimum Gasteiger partial charge on any atom is -0.444 e. The monoisotopic (exact) mass is 598 g/mol. The zero-order valence-electron chi connectivity index (χ0n) is 26.3. The molecule has 44 heavy (non-hydrogen) atoms. The van der Waals surface area contributed by atoms with E-state index in [1.165, 1.54) is 0 Å². The molecule has 2 amide bonds. The molecule has 2 aliphatic heterocycles. The summed E-state index contributed by atoms with van der Waals surface area (Å²) in [6.07, 6.45) is 6.54. The lowest BCUT2D eigenvalue weighted by Crippen LogP contribution is -2.39. The van der Waals surface area contributed by atoms with Crippen molar-refractivity contribution in [3.63, 3.8) is 0 Å². The van der Waals surface area contributed by atoms with E-state index >= 15 is 4.39 Å². The Morgan fingerprint density at radius 1 is 1.02 bits per heavy atom. The zero-order valence-corrected chi connectivity index (χ0v) is 26.3. The number of amides is 2. The van der Waals surface area contributed by atoms with Gasteiger partial charge < -0.3 is 19.5 Å². The molecular formula is C34H39FN6O3. The van der Waals surface area contributed by atoms with Gasteiger partial charge in [0.25, 0.3) is 5.91 Å². The van der Waals surface area contributed by atoms with E-state index in [9.17, 15) is 9.59 Å². The number of aromatic amines is 1. The minimum atomic E-state index is -0.634. The summed E-state index contributed by atoms with van der Waals surface area (Å²) in [6.45, 7) is 13.9. The Hall–Kier alpha value is -4.47. The molecule has 2 aliphatic rings. The number of benzene rings is 1. The maximum absolute atomic E-state index is 16.6. The molecule has 0 bridgehead atoms. The highest BCUT2D eigenvalue weighted by molar-refractivity contribution is 6.05. The van der Waals surface area contributed by atoms with E-state index in [4.69, 9.17) is 4.74 Å². The number of ether oxygens (including phenoxy) is 1. The summed E-state index contributed by atoms with van der Waals surface area (Å²) in [7, 11) is 0. The number of carbonyl (C=O) groups is 2. The third-order valence-electron chi connectivity index (χ3n) is 8.35. The highest BCUT2D eigenvalue weighted by Crippen LogP contribution is 2.38. The van der Waals surface area contributed by atoms with Crippen molar-refractivity contribution in [3.05, 3.63) is 76.3 Å². The molecule has 3 aromatic heterocycles. The molecule has 0 unspecified atom stereocenters. The van der Waals surface area contributed by atoms with Gasteiger partial charge in [-0.25, -0.2) is 9.18 Å². The standard InChI is InChI=1S/C34H39FN6O3/c1-7-21-12-20(3)36-16-27(21)25-13-24(22-10-9-11-39(17-22)33(43)44-34(4,5)6)30(35)31-26(25)14-28(38-31)32(42)40-18-23-15-37-41(8-2)29(23)19-40/h10,12-16,38H,7-9,11,17-19H2,1-6H3. The number of aryl methyl sites for hydroxylation is 3. The first kappa shape index (κ1) is 29.6. The molecule has 0 saturated carbocycles. The number of carbonyl (C=O) groups excluding carboxylic acids is 2. The molecule has 0 saturated heterocycles. The van der Waals surface area contributed by atoms with Crippen molar-refractivity contribution >= 4 is 28.5 Å². The van der Waals surface area contributed by atoms with E-state index in [1.807, 2.05) is 69.9 Å². The van der Waals surface area contributed by atoms with E-state index in [0.717, 1.165) is 46.6 Å². The van der Waals surface area contributed by atoms with Crippen LogP contribution in [0.4, 0.5) is 9.18 Å². The first-order valence-corrected chi connectivity index (χ1v) is 15.3. The molecule has 1 aromatic carbocycles. The summed E-state index contributed by atoms with van der Waals surface area (Å²) < 4.78 is 24.1. The first-order chi connectivity index (χ1) is 21.0. The average molecular weight is 599 g/mol. The Balaban J connectivity index is 1.43. The van der Waals surface area contributed by atoms with Crippen LogP contribution >= 0.6 is 0 Å². The molecule has 1 N–H and O–H groups in total. The van der Waals surface area contributed by atoms with Gasteiger partial charge in [0.2, 0.25) is 0 Å². The third kappa shape index (κ3) is 5.37. The number of pyridine rings is 1. The molecule has 230 valence electrons. The van der Waals surface area contributed by atoms with Crippen molar-refractivity contribution in [2.24, 2.45) is 0 Å². The lowest BCUT2D eigenvalue weighted by Gasteiger charge is -2.30. The Kier molecular flexibility index (Phi) is 7.55. The SMILES string of the molecule is CCc1cc(C)ncc1-c1cc(C2=CCCN(C(=O)OC(C)(C)C)C2)c(F)c2[nH]c(C(=O)N3Cc4cnn(CC)c4C3)cc12. The lowest BCUT2D eigenvalue weighted by molar-refractivity contribution is 0.0272. The lowest BCUT2D eigenvalue weighted by atomic mass is 9.91. The van der Waals surface area contributed by atoms with Crippen LogP contribution in [0.3, 0.4) is 0 Å². The number of nitrogens with one attached hydrogen (secondary N) is 1. The van der Waals surface area contributed by atoms with E-state index in [0.29, 0.717) is 48.3 Å². The molecule has 0 aliphatic carbocycles. The fraction of sp³-hybridized carbons (Fsp3) is 0.412. The van der Waals surface area contributed by atoms with E-state index in [2.05, 4.69) is 22.0 Å². The van der Waals surface area contributed by atoms with E-state index < -0.39 is 17.5 Å². The van der Waals surface area contributed by atoms with Crippen LogP contribution in [0.2, 0.25) is 0 Å². The van der Waals surface area contributed by atoms with Crippen LogP contribution < -0.4 is 0 Å². The zero-order chi connectivity index (χ0) is 31.3. The summed E-state index contributed by atoms with van der Waals surface area (Å²) in [5, 5.41) is 5.02. The number of hydrogen-bond acceptors (Lipinski definition) is 5. The largest absolute Gasteiger partial charge is 0.444 e. The van der Waals surface area contributed by atoms with Crippen molar-refractivity contribution in [1.29, 1.82) is 0 Å². The first-order valence-electron chi connectivity index (χ1n) is 15.3. The second-order valence-corrected chi connectivity index (χ2v) is 12.6. The van der Waals surface area contributed by atoms with Crippen molar-refractivity contribution in [1.82, 2.24) is 29.5 Å². The normalized spacial score (nSPS) is 15.1. The molecule has 6 rings (SSSR count). The molecule has 4 aromatic rings. The Morgan fingerprint density at radius 2 is 1.82 bits per heavy atom. The number of rotatable bonds is 5. The van der Waals surface area contributed by atoms with Crippen LogP contribution in [0, 0.1) is 12.7 Å². The van der Waals surface area contributed by atoms with Gasteiger partial charge in [-0.05, 0) is 82.4 Å². The van der Waals surface area contributed by atoms with Crippen molar-refractivity contribution in [2.45, 2.75) is 79.6 Å². The summed E-state index contributed by atoms with van der Waals surface area (Å²) in [6, 6.07) is 5.65. The van der Waals surface area contributed by atoms with E-state index in [-0.39, 0.29) is 18.0 Å². The van der Waals surface area contributed by atoms with Crippen LogP contribution in [0.15, 0.2) is 36.7 Å². The van der Waals surface area contributed by atoms with Gasteiger partial charge in [-0.15, -0.1) is 0 Å². The predicted octanol–water partition coefficient (Wildman–Crippen LogP) is 6.64. The minimum absolute atomic E-state index is 0.197. The number of aromatic nitrogens is 4. The molecule has 0 radical (unpaired) electrons. The van der Waals surface area contributed by atoms with Crippen LogP contribution in [0.5, 0.6) is 0 Å². The Morgan fingerprint density at radius 3 is 2.55 bits per heavy atom. The van der Waals surface area contributed by atoms with Gasteiger partial charge in [0, 0.05) is 60.1 Å². The van der Waals surface area contributed by atoms with Gasteiger partial charge in [-0.3, -0.25) is 14.5 Å². The van der Waals surface area contributed by atoms with Crippen molar-refractivity contribution in [3.8, 4) is 11.1 Å². The molecule has 9 nitrogen and oxygen atoms in total. The van der Waals surface area contributed by atoms with E-state index in [1.54, 1.807) is 15.9 Å². The van der Waals surface area contributed by atoms with Crippen LogP contribution in [-0.4, -0.2) is 60.2 Å². The van der Waals surface area contributed by atoms with Gasteiger partial charge in [0.05, 0.1) is 24.0 Å². The van der Waals surface area contributed by atoms with Crippen molar-refractivity contribution in [2.75, 3.05) is 13.1 Å². The Labute approximate surface area is 256 Å². The molecule has 0 atom stereocenters. The molecular weight excluding hydrogens is 559 g/mol. The smallest absolute Gasteiger partial charge is 0.410 e. The summed E-state index contributed by atoms with van der Waals surface area (Å²) in [4.78, 5) is 37.8. The predicted molar refractivity (Wildman–Crippen MR) is 167 cm³/mol. The maximum atomic E-state index is 16.6. The topological polar surface area (TPSA) is 96.3 Å². The molecule has 10 heteroatoms. The number of H-pyrrole nitrogens is 1. The molecule has 0 fully saturated rings. The number of fused-ring (bicyclic) bond motifs is 2. The van der Waals surface area contributed by atoms with Gasteiger partial charge in [0.1, 0.15) is 11.3 Å². The fourth-order valence-electron chi connectivity index (χ4n) is 6.20. The number of halogens is 1. The summed E-state index contributed by atoms with van der Waals surface area (Å²) >= 11 is 0. The molecule has 0 spiro atoms. The van der Waals surface area contributed by atoms with Crippen LogP contribution in [0.1, 0.15) is 79.6 Å². The van der Waals surface area contributed by atoms with Crippen molar-refractivity contribution < 1.29 is 18.7 Å². The fourth-order valence-corrected chi connectivity index (χ4v) is 6.20. The van der Waals surface area contributed by atoms with Crippen LogP contribution in [-0.2, 0) is 30.8 Å². The Bertz CT molecular complexity index is 1810. The van der Waals surface area contributed by atoms with Gasteiger partial charge in [0.15, 0.2) is 5.82 Å². The van der Waals surface area contributed by atoms with Gasteiger partial charge in [-0.2, -0.15) is 5.10 Å². The highest BCUT2D eigenvalue weighted by Gasteiger charge is 2.31. The highest BCUT2D eigenvalue weighted by atomic mass is 19.1.